The summed E-state index contributed by atoms with van der Waals surface area (Å²) in [6, 6.07) is 10.5. The van der Waals surface area contributed by atoms with Crippen LogP contribution in [0.4, 0.5) is 4.39 Å². The molecular formula is C24H34FIN4O3. The number of methoxy groups -OCH3 is 3. The van der Waals surface area contributed by atoms with Gasteiger partial charge in [0.2, 0.25) is 5.75 Å². The van der Waals surface area contributed by atoms with Gasteiger partial charge >= 0.3 is 0 Å². The normalized spacial score (nSPS) is 14.5. The van der Waals surface area contributed by atoms with Crippen LogP contribution in [0.1, 0.15) is 18.1 Å². The molecule has 3 rings (SSSR count). The highest BCUT2D eigenvalue weighted by Gasteiger charge is 2.21. The minimum atomic E-state index is -0.229. The molecule has 9 heteroatoms. The molecule has 1 heterocycles. The summed E-state index contributed by atoms with van der Waals surface area (Å²) in [5, 5.41) is 3.38. The summed E-state index contributed by atoms with van der Waals surface area (Å²) in [5.41, 5.74) is 2.10. The minimum absolute atomic E-state index is 0. The van der Waals surface area contributed by atoms with Crippen LogP contribution < -0.4 is 19.5 Å². The summed E-state index contributed by atoms with van der Waals surface area (Å²) in [6.45, 7) is 7.76. The van der Waals surface area contributed by atoms with E-state index in [1.807, 2.05) is 12.1 Å². The Labute approximate surface area is 212 Å². The number of benzene rings is 2. The number of guanidine groups is 1. The van der Waals surface area contributed by atoms with Gasteiger partial charge in [-0.15, -0.1) is 24.0 Å². The number of rotatable bonds is 8. The summed E-state index contributed by atoms with van der Waals surface area (Å²) < 4.78 is 29.5. The number of aliphatic imine (C=N–C) groups is 1. The first-order chi connectivity index (χ1) is 15.6. The zero-order valence-corrected chi connectivity index (χ0v) is 22.1. The number of ether oxygens (including phenoxy) is 3. The Kier molecular flexibility index (Phi) is 11.0. The summed E-state index contributed by atoms with van der Waals surface area (Å²) >= 11 is 0. The summed E-state index contributed by atoms with van der Waals surface area (Å²) in [4.78, 5) is 9.43. The Morgan fingerprint density at radius 1 is 0.939 bits per heavy atom. The molecule has 33 heavy (non-hydrogen) atoms. The standard InChI is InChI=1S/C24H33FN4O3.HI/c1-5-26-24(27-16-18-6-8-20(25)9-7-18)29-12-10-28(11-13-29)17-19-14-21(30-2)23(32-4)22(15-19)31-3;/h6-9,14-15H,5,10-13,16-17H2,1-4H3,(H,26,27);1H. The molecule has 2 aromatic carbocycles. The van der Waals surface area contributed by atoms with Crippen LogP contribution in [0.25, 0.3) is 0 Å². The van der Waals surface area contributed by atoms with Gasteiger partial charge in [0.15, 0.2) is 17.5 Å². The van der Waals surface area contributed by atoms with Crippen molar-refractivity contribution >= 4 is 29.9 Å². The molecule has 1 saturated heterocycles. The molecule has 182 valence electrons. The predicted molar refractivity (Wildman–Crippen MR) is 140 cm³/mol. The number of hydrogen-bond donors (Lipinski definition) is 1. The molecule has 0 aliphatic carbocycles. The molecule has 1 N–H and O–H groups in total. The average molecular weight is 572 g/mol. The molecule has 0 spiro atoms. The number of nitrogens with zero attached hydrogens (tertiary/aromatic N) is 3. The quantitative estimate of drug-likeness (QED) is 0.296. The highest BCUT2D eigenvalue weighted by Crippen LogP contribution is 2.38. The Hall–Kier alpha value is -2.27. The van der Waals surface area contributed by atoms with Crippen LogP contribution >= 0.6 is 24.0 Å². The summed E-state index contributed by atoms with van der Waals surface area (Å²) in [7, 11) is 4.87. The maximum atomic E-state index is 13.1. The molecule has 0 saturated carbocycles. The molecule has 0 radical (unpaired) electrons. The third-order valence-corrected chi connectivity index (χ3v) is 5.46. The second kappa shape index (κ2) is 13.4. The lowest BCUT2D eigenvalue weighted by Crippen LogP contribution is -2.52. The van der Waals surface area contributed by atoms with Gasteiger partial charge < -0.3 is 24.4 Å². The lowest BCUT2D eigenvalue weighted by atomic mass is 10.1. The molecule has 0 unspecified atom stereocenters. The third-order valence-electron chi connectivity index (χ3n) is 5.46. The molecule has 1 aliphatic heterocycles. The fraction of sp³-hybridized carbons (Fsp3) is 0.458. The topological polar surface area (TPSA) is 58.6 Å². The molecule has 1 aliphatic rings. The summed E-state index contributed by atoms with van der Waals surface area (Å²) in [6.07, 6.45) is 0. The second-order valence-electron chi connectivity index (χ2n) is 7.59. The van der Waals surface area contributed by atoms with Crippen molar-refractivity contribution in [1.29, 1.82) is 0 Å². The molecule has 2 aromatic rings. The van der Waals surface area contributed by atoms with E-state index in [1.54, 1.807) is 33.5 Å². The van der Waals surface area contributed by atoms with E-state index in [0.717, 1.165) is 56.4 Å². The Balaban J connectivity index is 0.00000385. The predicted octanol–water partition coefficient (Wildman–Crippen LogP) is 3.75. The van der Waals surface area contributed by atoms with Gasteiger partial charge in [-0.2, -0.15) is 0 Å². The monoisotopic (exact) mass is 572 g/mol. The van der Waals surface area contributed by atoms with Gasteiger partial charge in [-0.1, -0.05) is 12.1 Å². The first kappa shape index (κ1) is 27.0. The van der Waals surface area contributed by atoms with Crippen LogP contribution in [0.5, 0.6) is 17.2 Å². The SMILES string of the molecule is CCNC(=NCc1ccc(F)cc1)N1CCN(Cc2cc(OC)c(OC)c(OC)c2)CC1.I. The van der Waals surface area contributed by atoms with E-state index in [0.29, 0.717) is 23.8 Å². The number of piperazine rings is 1. The van der Waals surface area contributed by atoms with Crippen molar-refractivity contribution in [3.63, 3.8) is 0 Å². The van der Waals surface area contributed by atoms with E-state index in [1.165, 1.54) is 12.1 Å². The number of halogens is 2. The maximum Gasteiger partial charge on any atom is 0.203 e. The maximum absolute atomic E-state index is 13.1. The fourth-order valence-corrected chi connectivity index (χ4v) is 3.78. The van der Waals surface area contributed by atoms with Gasteiger partial charge in [0.05, 0.1) is 27.9 Å². The van der Waals surface area contributed by atoms with Crippen molar-refractivity contribution in [2.45, 2.75) is 20.0 Å². The molecule has 7 nitrogen and oxygen atoms in total. The van der Waals surface area contributed by atoms with Gasteiger partial charge in [-0.25, -0.2) is 9.38 Å². The first-order valence-corrected chi connectivity index (χ1v) is 10.9. The van der Waals surface area contributed by atoms with Crippen LogP contribution in [0.3, 0.4) is 0 Å². The van der Waals surface area contributed by atoms with Crippen molar-refractivity contribution in [1.82, 2.24) is 15.1 Å². The Bertz CT molecular complexity index is 878. The van der Waals surface area contributed by atoms with Crippen molar-refractivity contribution in [2.24, 2.45) is 4.99 Å². The van der Waals surface area contributed by atoms with Crippen LogP contribution in [0, 0.1) is 5.82 Å². The first-order valence-electron chi connectivity index (χ1n) is 10.9. The zero-order chi connectivity index (χ0) is 22.9. The molecular weight excluding hydrogens is 538 g/mol. The van der Waals surface area contributed by atoms with Gasteiger partial charge in [-0.3, -0.25) is 4.90 Å². The highest BCUT2D eigenvalue weighted by molar-refractivity contribution is 14.0. The lowest BCUT2D eigenvalue weighted by Gasteiger charge is -2.36. The van der Waals surface area contributed by atoms with E-state index >= 15 is 0 Å². The second-order valence-corrected chi connectivity index (χ2v) is 7.59. The molecule has 0 aromatic heterocycles. The van der Waals surface area contributed by atoms with E-state index in [4.69, 9.17) is 19.2 Å². The van der Waals surface area contributed by atoms with Crippen molar-refractivity contribution in [3.05, 3.63) is 53.3 Å². The van der Waals surface area contributed by atoms with E-state index in [2.05, 4.69) is 22.0 Å². The smallest absolute Gasteiger partial charge is 0.203 e. The third kappa shape index (κ3) is 7.36. The Morgan fingerprint density at radius 3 is 2.06 bits per heavy atom. The van der Waals surface area contributed by atoms with E-state index in [9.17, 15) is 4.39 Å². The molecule has 0 bridgehead atoms. The fourth-order valence-electron chi connectivity index (χ4n) is 3.78. The van der Waals surface area contributed by atoms with Crippen molar-refractivity contribution in [2.75, 3.05) is 54.1 Å². The minimum Gasteiger partial charge on any atom is -0.493 e. The van der Waals surface area contributed by atoms with E-state index in [-0.39, 0.29) is 29.8 Å². The zero-order valence-electron chi connectivity index (χ0n) is 19.8. The van der Waals surface area contributed by atoms with Crippen LogP contribution in [0.15, 0.2) is 41.4 Å². The van der Waals surface area contributed by atoms with Crippen molar-refractivity contribution < 1.29 is 18.6 Å². The van der Waals surface area contributed by atoms with Crippen molar-refractivity contribution in [3.8, 4) is 17.2 Å². The molecule has 0 amide bonds. The lowest BCUT2D eigenvalue weighted by molar-refractivity contribution is 0.172. The summed E-state index contributed by atoms with van der Waals surface area (Å²) in [5.74, 6) is 2.61. The van der Waals surface area contributed by atoms with Gasteiger partial charge in [0, 0.05) is 39.3 Å². The van der Waals surface area contributed by atoms with Gasteiger partial charge in [-0.05, 0) is 42.3 Å². The molecule has 1 fully saturated rings. The van der Waals surface area contributed by atoms with Crippen LogP contribution in [-0.4, -0.2) is 69.8 Å². The Morgan fingerprint density at radius 2 is 1.55 bits per heavy atom. The van der Waals surface area contributed by atoms with E-state index < -0.39 is 0 Å². The van der Waals surface area contributed by atoms with Crippen LogP contribution in [-0.2, 0) is 13.1 Å². The van der Waals surface area contributed by atoms with Crippen LogP contribution in [0.2, 0.25) is 0 Å². The van der Waals surface area contributed by atoms with Gasteiger partial charge in [0.25, 0.3) is 0 Å². The number of hydrogen-bond acceptors (Lipinski definition) is 5. The largest absolute Gasteiger partial charge is 0.493 e. The number of nitrogens with one attached hydrogen (secondary N) is 1. The van der Waals surface area contributed by atoms with Gasteiger partial charge in [0.1, 0.15) is 5.82 Å². The highest BCUT2D eigenvalue weighted by atomic mass is 127. The molecule has 0 atom stereocenters. The average Bonchev–Trinajstić information content (AvgIpc) is 2.82.